The van der Waals surface area contributed by atoms with Gasteiger partial charge in [-0.2, -0.15) is 4.98 Å². The Labute approximate surface area is 109 Å². The molecule has 0 spiro atoms. The van der Waals surface area contributed by atoms with Crippen molar-refractivity contribution in [2.75, 3.05) is 0 Å². The SMILES string of the molecule is Cc1ccccc1Oc1nc2sccn2c1CN. The molecule has 0 aliphatic heterocycles. The molecule has 92 valence electrons. The number of hydrogen-bond acceptors (Lipinski definition) is 4. The Morgan fingerprint density at radius 2 is 2.22 bits per heavy atom. The van der Waals surface area contributed by atoms with E-state index in [-0.39, 0.29) is 0 Å². The van der Waals surface area contributed by atoms with Crippen molar-refractivity contribution in [2.45, 2.75) is 13.5 Å². The number of imidazole rings is 1. The number of rotatable bonds is 3. The van der Waals surface area contributed by atoms with Gasteiger partial charge in [0.05, 0.1) is 0 Å². The van der Waals surface area contributed by atoms with E-state index in [9.17, 15) is 0 Å². The average Bonchev–Trinajstić information content (AvgIpc) is 2.92. The van der Waals surface area contributed by atoms with E-state index in [1.54, 1.807) is 11.3 Å². The molecule has 5 heteroatoms. The third-order valence-electron chi connectivity index (χ3n) is 2.82. The van der Waals surface area contributed by atoms with E-state index >= 15 is 0 Å². The first-order valence-corrected chi connectivity index (χ1v) is 6.55. The lowest BCUT2D eigenvalue weighted by molar-refractivity contribution is 0.456. The average molecular weight is 259 g/mol. The van der Waals surface area contributed by atoms with E-state index in [1.165, 1.54) is 0 Å². The maximum Gasteiger partial charge on any atom is 0.243 e. The first-order chi connectivity index (χ1) is 8.79. The first-order valence-electron chi connectivity index (χ1n) is 5.67. The van der Waals surface area contributed by atoms with Crippen LogP contribution in [0.5, 0.6) is 11.6 Å². The van der Waals surface area contributed by atoms with E-state index in [0.29, 0.717) is 12.4 Å². The Balaban J connectivity index is 2.04. The van der Waals surface area contributed by atoms with Crippen LogP contribution in [-0.2, 0) is 6.54 Å². The van der Waals surface area contributed by atoms with Gasteiger partial charge in [0.25, 0.3) is 0 Å². The highest BCUT2D eigenvalue weighted by molar-refractivity contribution is 7.15. The molecular formula is C13H13N3OS. The number of ether oxygens (including phenoxy) is 1. The number of nitrogens with zero attached hydrogens (tertiary/aromatic N) is 2. The lowest BCUT2D eigenvalue weighted by Gasteiger charge is -2.07. The molecule has 2 N–H and O–H groups in total. The molecular weight excluding hydrogens is 246 g/mol. The largest absolute Gasteiger partial charge is 0.437 e. The molecule has 0 aliphatic carbocycles. The van der Waals surface area contributed by atoms with Crippen LogP contribution in [0.25, 0.3) is 4.96 Å². The second-order valence-corrected chi connectivity index (χ2v) is 4.86. The summed E-state index contributed by atoms with van der Waals surface area (Å²) in [6, 6.07) is 7.87. The minimum Gasteiger partial charge on any atom is -0.437 e. The standard InChI is InChI=1S/C13H13N3OS/c1-9-4-2-3-5-11(9)17-12-10(8-14)16-6-7-18-13(16)15-12/h2-7H,8,14H2,1H3. The van der Waals surface area contributed by atoms with Crippen LogP contribution < -0.4 is 10.5 Å². The van der Waals surface area contributed by atoms with E-state index < -0.39 is 0 Å². The van der Waals surface area contributed by atoms with Gasteiger partial charge in [-0.15, -0.1) is 11.3 Å². The van der Waals surface area contributed by atoms with Crippen LogP contribution in [0.2, 0.25) is 0 Å². The fourth-order valence-corrected chi connectivity index (χ4v) is 2.58. The van der Waals surface area contributed by atoms with Crippen LogP contribution in [0, 0.1) is 6.92 Å². The number of para-hydroxylation sites is 1. The minimum atomic E-state index is 0.402. The van der Waals surface area contributed by atoms with Crippen molar-refractivity contribution in [3.63, 3.8) is 0 Å². The molecule has 18 heavy (non-hydrogen) atoms. The summed E-state index contributed by atoms with van der Waals surface area (Å²) in [5.41, 5.74) is 7.75. The van der Waals surface area contributed by atoms with Crippen LogP contribution in [0.15, 0.2) is 35.8 Å². The van der Waals surface area contributed by atoms with Gasteiger partial charge in [0.1, 0.15) is 11.4 Å². The van der Waals surface area contributed by atoms with Gasteiger partial charge in [-0.25, -0.2) is 0 Å². The molecule has 4 nitrogen and oxygen atoms in total. The molecule has 3 rings (SSSR count). The van der Waals surface area contributed by atoms with Gasteiger partial charge in [0.15, 0.2) is 4.96 Å². The second kappa shape index (κ2) is 4.44. The van der Waals surface area contributed by atoms with Crippen molar-refractivity contribution in [3.8, 4) is 11.6 Å². The number of benzene rings is 1. The van der Waals surface area contributed by atoms with Gasteiger partial charge in [-0.05, 0) is 18.6 Å². The summed E-state index contributed by atoms with van der Waals surface area (Å²) in [4.78, 5) is 5.36. The van der Waals surface area contributed by atoms with Crippen molar-refractivity contribution < 1.29 is 4.74 Å². The molecule has 0 aliphatic rings. The Hall–Kier alpha value is -1.85. The second-order valence-electron chi connectivity index (χ2n) is 3.99. The fourth-order valence-electron chi connectivity index (χ4n) is 1.86. The predicted octanol–water partition coefficient (Wildman–Crippen LogP) is 2.96. The molecule has 0 radical (unpaired) electrons. The van der Waals surface area contributed by atoms with Crippen LogP contribution >= 0.6 is 11.3 Å². The fraction of sp³-hybridized carbons (Fsp3) is 0.154. The quantitative estimate of drug-likeness (QED) is 0.786. The van der Waals surface area contributed by atoms with Crippen molar-refractivity contribution in [2.24, 2.45) is 5.73 Å². The highest BCUT2D eigenvalue weighted by atomic mass is 32.1. The zero-order valence-corrected chi connectivity index (χ0v) is 10.8. The Bertz CT molecular complexity index is 686. The maximum absolute atomic E-state index is 5.87. The third-order valence-corrected chi connectivity index (χ3v) is 3.57. The number of aryl methyl sites for hydroxylation is 1. The van der Waals surface area contributed by atoms with Crippen molar-refractivity contribution in [3.05, 3.63) is 47.1 Å². The zero-order chi connectivity index (χ0) is 12.5. The van der Waals surface area contributed by atoms with Crippen LogP contribution in [-0.4, -0.2) is 9.38 Å². The molecule has 2 aromatic heterocycles. The summed E-state index contributed by atoms with van der Waals surface area (Å²) in [6.07, 6.45) is 1.96. The van der Waals surface area contributed by atoms with Gasteiger partial charge in [0, 0.05) is 18.1 Å². The van der Waals surface area contributed by atoms with E-state index in [4.69, 9.17) is 10.5 Å². The first kappa shape index (κ1) is 11.3. The Morgan fingerprint density at radius 1 is 1.39 bits per heavy atom. The molecule has 0 saturated carbocycles. The minimum absolute atomic E-state index is 0.402. The molecule has 2 heterocycles. The summed E-state index contributed by atoms with van der Waals surface area (Å²) in [6.45, 7) is 2.41. The predicted molar refractivity (Wildman–Crippen MR) is 72.2 cm³/mol. The number of fused-ring (bicyclic) bond motifs is 1. The summed E-state index contributed by atoms with van der Waals surface area (Å²) in [5.74, 6) is 1.41. The van der Waals surface area contributed by atoms with Gasteiger partial charge in [-0.3, -0.25) is 4.40 Å². The van der Waals surface area contributed by atoms with Gasteiger partial charge in [-0.1, -0.05) is 18.2 Å². The number of nitrogens with two attached hydrogens (primary N) is 1. The van der Waals surface area contributed by atoms with Crippen LogP contribution in [0.3, 0.4) is 0 Å². The van der Waals surface area contributed by atoms with E-state index in [1.807, 2.05) is 47.2 Å². The van der Waals surface area contributed by atoms with Crippen molar-refractivity contribution in [1.82, 2.24) is 9.38 Å². The molecule has 0 saturated heterocycles. The van der Waals surface area contributed by atoms with Crippen LogP contribution in [0.4, 0.5) is 0 Å². The molecule has 0 unspecified atom stereocenters. The number of aromatic nitrogens is 2. The molecule has 1 aromatic carbocycles. The smallest absolute Gasteiger partial charge is 0.243 e. The molecule has 0 bridgehead atoms. The monoisotopic (exact) mass is 259 g/mol. The Kier molecular flexibility index (Phi) is 2.77. The van der Waals surface area contributed by atoms with Crippen molar-refractivity contribution in [1.29, 1.82) is 0 Å². The van der Waals surface area contributed by atoms with Gasteiger partial charge < -0.3 is 10.5 Å². The summed E-state index contributed by atoms with van der Waals surface area (Å²) >= 11 is 1.57. The molecule has 0 fully saturated rings. The number of thiazole rings is 1. The maximum atomic E-state index is 5.87. The summed E-state index contributed by atoms with van der Waals surface area (Å²) < 4.78 is 7.84. The highest BCUT2D eigenvalue weighted by Crippen LogP contribution is 2.29. The molecule has 0 atom stereocenters. The zero-order valence-electron chi connectivity index (χ0n) is 9.96. The van der Waals surface area contributed by atoms with Crippen LogP contribution in [0.1, 0.15) is 11.3 Å². The third kappa shape index (κ3) is 1.77. The lowest BCUT2D eigenvalue weighted by Crippen LogP contribution is -2.02. The van der Waals surface area contributed by atoms with Gasteiger partial charge >= 0.3 is 0 Å². The van der Waals surface area contributed by atoms with E-state index in [0.717, 1.165) is 22.0 Å². The molecule has 3 aromatic rings. The summed E-state index contributed by atoms with van der Waals surface area (Å²) in [5, 5.41) is 1.99. The highest BCUT2D eigenvalue weighted by Gasteiger charge is 2.14. The molecule has 0 amide bonds. The topological polar surface area (TPSA) is 52.5 Å². The van der Waals surface area contributed by atoms with Crippen molar-refractivity contribution >= 4 is 16.3 Å². The number of hydrogen-bond donors (Lipinski definition) is 1. The lowest BCUT2D eigenvalue weighted by atomic mass is 10.2. The normalized spacial score (nSPS) is 11.0. The Morgan fingerprint density at radius 3 is 3.00 bits per heavy atom. The van der Waals surface area contributed by atoms with Gasteiger partial charge in [0.2, 0.25) is 5.88 Å². The van der Waals surface area contributed by atoms with E-state index in [2.05, 4.69) is 4.98 Å². The summed E-state index contributed by atoms with van der Waals surface area (Å²) in [7, 11) is 0.